The van der Waals surface area contributed by atoms with Crippen molar-refractivity contribution in [1.29, 1.82) is 0 Å². The Balaban J connectivity index is 2.06. The van der Waals surface area contributed by atoms with E-state index < -0.39 is 5.78 Å². The second kappa shape index (κ2) is 3.96. The first-order chi connectivity index (χ1) is 10.1. The van der Waals surface area contributed by atoms with Crippen LogP contribution in [0.25, 0.3) is 11.0 Å². The molecular weight excluding hydrogens is 268 g/mol. The number of para-hydroxylation sites is 2. The van der Waals surface area contributed by atoms with Crippen LogP contribution in [0.1, 0.15) is 32.1 Å². The van der Waals surface area contributed by atoms with E-state index in [1.165, 1.54) is 18.2 Å². The fourth-order valence-electron chi connectivity index (χ4n) is 2.49. The van der Waals surface area contributed by atoms with Gasteiger partial charge in [-0.3, -0.25) is 9.59 Å². The highest BCUT2D eigenvalue weighted by molar-refractivity contribution is 6.27. The van der Waals surface area contributed by atoms with Crippen molar-refractivity contribution in [3.63, 3.8) is 0 Å². The summed E-state index contributed by atoms with van der Waals surface area (Å²) in [6, 6.07) is 11.2. The number of aromatic hydroxyl groups is 1. The molecule has 4 rings (SSSR count). The molecule has 1 N–H and O–H groups in total. The Kier molecular flexibility index (Phi) is 2.21. The van der Waals surface area contributed by atoms with Crippen LogP contribution in [0.5, 0.6) is 5.75 Å². The van der Waals surface area contributed by atoms with Gasteiger partial charge in [0.05, 0.1) is 11.0 Å². The van der Waals surface area contributed by atoms with Crippen LogP contribution in [-0.2, 0) is 0 Å². The highest BCUT2D eigenvalue weighted by Crippen LogP contribution is 2.28. The number of hydrogen-bond donors (Lipinski definition) is 1. The molecule has 1 aliphatic carbocycles. The zero-order valence-electron chi connectivity index (χ0n) is 10.7. The van der Waals surface area contributed by atoms with Gasteiger partial charge in [0.1, 0.15) is 17.1 Å². The predicted octanol–water partition coefficient (Wildman–Crippen LogP) is 2.11. The van der Waals surface area contributed by atoms with Crippen molar-refractivity contribution in [1.82, 2.24) is 9.97 Å². The summed E-state index contributed by atoms with van der Waals surface area (Å²) in [5.74, 6) is -0.807. The second-order valence-corrected chi connectivity index (χ2v) is 4.80. The predicted molar refractivity (Wildman–Crippen MR) is 74.5 cm³/mol. The van der Waals surface area contributed by atoms with Gasteiger partial charge in [0.25, 0.3) is 0 Å². The molecule has 5 nitrogen and oxygen atoms in total. The Morgan fingerprint density at radius 2 is 1.33 bits per heavy atom. The lowest BCUT2D eigenvalue weighted by Crippen LogP contribution is -2.23. The summed E-state index contributed by atoms with van der Waals surface area (Å²) in [6.45, 7) is 0. The van der Waals surface area contributed by atoms with Gasteiger partial charge in [-0.05, 0) is 30.3 Å². The molecule has 21 heavy (non-hydrogen) atoms. The number of aromatic nitrogens is 2. The Morgan fingerprint density at radius 1 is 0.762 bits per heavy atom. The molecule has 2 aromatic carbocycles. The summed E-state index contributed by atoms with van der Waals surface area (Å²) in [4.78, 5) is 33.5. The molecule has 0 aliphatic heterocycles. The molecule has 0 unspecified atom stereocenters. The minimum Gasteiger partial charge on any atom is -0.508 e. The quantitative estimate of drug-likeness (QED) is 0.532. The Hall–Kier alpha value is -3.08. The average molecular weight is 276 g/mol. The third kappa shape index (κ3) is 1.57. The van der Waals surface area contributed by atoms with Crippen LogP contribution in [0, 0.1) is 0 Å². The fraction of sp³-hybridized carbons (Fsp3) is 0. The number of carbonyl (C=O) groups is 2. The molecular formula is C16H8N2O3. The lowest BCUT2D eigenvalue weighted by atomic mass is 9.89. The molecule has 3 aromatic rings. The minimum atomic E-state index is -0.395. The van der Waals surface area contributed by atoms with Crippen LogP contribution in [0.3, 0.4) is 0 Å². The first-order valence-electron chi connectivity index (χ1n) is 6.34. The number of ketones is 2. The van der Waals surface area contributed by atoms with Crippen molar-refractivity contribution in [2.45, 2.75) is 0 Å². The summed E-state index contributed by atoms with van der Waals surface area (Å²) in [6.07, 6.45) is 0. The average Bonchev–Trinajstić information content (AvgIpc) is 2.51. The number of benzene rings is 2. The van der Waals surface area contributed by atoms with Gasteiger partial charge in [-0.2, -0.15) is 0 Å². The van der Waals surface area contributed by atoms with Gasteiger partial charge in [-0.15, -0.1) is 0 Å². The molecule has 1 aromatic heterocycles. The van der Waals surface area contributed by atoms with Crippen molar-refractivity contribution < 1.29 is 14.7 Å². The van der Waals surface area contributed by atoms with Gasteiger partial charge in [0.2, 0.25) is 11.6 Å². The minimum absolute atomic E-state index is 0.0387. The van der Waals surface area contributed by atoms with Gasteiger partial charge in [0, 0.05) is 11.1 Å². The Morgan fingerprint density at radius 3 is 1.95 bits per heavy atom. The van der Waals surface area contributed by atoms with E-state index in [4.69, 9.17) is 0 Å². The lowest BCUT2D eigenvalue weighted by Gasteiger charge is -2.16. The largest absolute Gasteiger partial charge is 0.508 e. The molecule has 0 radical (unpaired) electrons. The summed E-state index contributed by atoms with van der Waals surface area (Å²) < 4.78 is 0. The van der Waals surface area contributed by atoms with E-state index in [0.717, 1.165) is 0 Å². The van der Waals surface area contributed by atoms with Gasteiger partial charge < -0.3 is 5.11 Å². The van der Waals surface area contributed by atoms with Crippen molar-refractivity contribution >= 4 is 22.6 Å². The standard InChI is InChI=1S/C16H8N2O3/c19-8-5-6-9-10(7-8)16(21)14-13(15(9)20)17-11-3-1-2-4-12(11)18-14/h1-7,19H. The maximum absolute atomic E-state index is 12.5. The number of carbonyl (C=O) groups excluding carboxylic acids is 2. The Labute approximate surface area is 118 Å². The van der Waals surface area contributed by atoms with E-state index in [1.54, 1.807) is 24.3 Å². The number of rotatable bonds is 0. The highest BCUT2D eigenvalue weighted by atomic mass is 16.3. The topological polar surface area (TPSA) is 80.1 Å². The summed E-state index contributed by atoms with van der Waals surface area (Å²) >= 11 is 0. The van der Waals surface area contributed by atoms with Gasteiger partial charge in [0.15, 0.2) is 0 Å². The molecule has 100 valence electrons. The molecule has 1 heterocycles. The molecule has 0 fully saturated rings. The van der Waals surface area contributed by atoms with Crippen molar-refractivity contribution in [2.24, 2.45) is 0 Å². The number of phenols is 1. The zero-order chi connectivity index (χ0) is 14.6. The van der Waals surface area contributed by atoms with Crippen LogP contribution < -0.4 is 0 Å². The van der Waals surface area contributed by atoms with Crippen molar-refractivity contribution in [3.05, 3.63) is 65.0 Å². The van der Waals surface area contributed by atoms with E-state index in [-0.39, 0.29) is 34.0 Å². The molecule has 1 aliphatic rings. The zero-order valence-corrected chi connectivity index (χ0v) is 10.7. The van der Waals surface area contributed by atoms with Crippen LogP contribution in [0.15, 0.2) is 42.5 Å². The molecule has 0 atom stereocenters. The number of hydrogen-bond acceptors (Lipinski definition) is 5. The first kappa shape index (κ1) is 11.7. The summed E-state index contributed by atoms with van der Waals surface area (Å²) in [5.41, 5.74) is 1.64. The monoisotopic (exact) mass is 276 g/mol. The summed E-state index contributed by atoms with van der Waals surface area (Å²) in [7, 11) is 0. The maximum atomic E-state index is 12.5. The van der Waals surface area contributed by atoms with Crippen molar-refractivity contribution in [3.8, 4) is 5.75 Å². The van der Waals surface area contributed by atoms with E-state index in [0.29, 0.717) is 11.0 Å². The summed E-state index contributed by atoms with van der Waals surface area (Å²) in [5, 5.41) is 9.51. The second-order valence-electron chi connectivity index (χ2n) is 4.80. The molecule has 5 heteroatoms. The van der Waals surface area contributed by atoms with Crippen LogP contribution in [-0.4, -0.2) is 26.6 Å². The van der Waals surface area contributed by atoms with Crippen molar-refractivity contribution in [2.75, 3.05) is 0 Å². The van der Waals surface area contributed by atoms with E-state index >= 15 is 0 Å². The third-order valence-corrected chi connectivity index (χ3v) is 3.49. The molecule has 0 amide bonds. The van der Waals surface area contributed by atoms with E-state index in [9.17, 15) is 14.7 Å². The van der Waals surface area contributed by atoms with Gasteiger partial charge >= 0.3 is 0 Å². The molecule has 0 saturated carbocycles. The van der Waals surface area contributed by atoms with E-state index in [1.807, 2.05) is 0 Å². The highest BCUT2D eigenvalue weighted by Gasteiger charge is 2.32. The normalized spacial score (nSPS) is 13.1. The SMILES string of the molecule is O=C1c2ccc(O)cc2C(=O)c2nc3ccccc3nc21. The smallest absolute Gasteiger partial charge is 0.214 e. The molecule has 0 bridgehead atoms. The maximum Gasteiger partial charge on any atom is 0.214 e. The molecule has 0 spiro atoms. The first-order valence-corrected chi connectivity index (χ1v) is 6.34. The third-order valence-electron chi connectivity index (χ3n) is 3.49. The number of fused-ring (bicyclic) bond motifs is 3. The Bertz CT molecular complexity index is 947. The van der Waals surface area contributed by atoms with Gasteiger partial charge in [-0.1, -0.05) is 12.1 Å². The fourth-order valence-corrected chi connectivity index (χ4v) is 2.49. The number of phenolic OH excluding ortho intramolecular Hbond substituents is 1. The molecule has 0 saturated heterocycles. The lowest BCUT2D eigenvalue weighted by molar-refractivity contribution is 0.0972. The number of nitrogens with zero attached hydrogens (tertiary/aromatic N) is 2. The van der Waals surface area contributed by atoms with E-state index in [2.05, 4.69) is 9.97 Å². The van der Waals surface area contributed by atoms with Crippen LogP contribution in [0.4, 0.5) is 0 Å². The van der Waals surface area contributed by atoms with Crippen LogP contribution in [0.2, 0.25) is 0 Å². The van der Waals surface area contributed by atoms with Gasteiger partial charge in [-0.25, -0.2) is 9.97 Å². The van der Waals surface area contributed by atoms with Crippen LogP contribution >= 0.6 is 0 Å².